The number of rotatable bonds is 1. The summed E-state index contributed by atoms with van der Waals surface area (Å²) in [7, 11) is 0. The first-order valence-electron chi connectivity index (χ1n) is 7.83. The zero-order valence-corrected chi connectivity index (χ0v) is 13.2. The quantitative estimate of drug-likeness (QED) is 0.719. The van der Waals surface area contributed by atoms with E-state index in [0.29, 0.717) is 6.04 Å². The van der Waals surface area contributed by atoms with Crippen LogP contribution in [0.25, 0.3) is 11.1 Å². The standard InChI is InChI=1S/C19H21NS/c1-13-10-20-19(12-21-11-13)15-6-7-18-16(9-15)8-14-4-2-3-5-17(14)18/h2-7,9,13,19-20H,8,10-12H2,1H3. The lowest BCUT2D eigenvalue weighted by Crippen LogP contribution is -2.25. The SMILES string of the molecule is CC1CNC(c2ccc3c(c2)Cc2ccccc2-3)CSC1. The number of thioether (sulfide) groups is 1. The highest BCUT2D eigenvalue weighted by atomic mass is 32.2. The summed E-state index contributed by atoms with van der Waals surface area (Å²) in [5.41, 5.74) is 7.29. The molecule has 108 valence electrons. The lowest BCUT2D eigenvalue weighted by molar-refractivity contribution is 0.517. The van der Waals surface area contributed by atoms with E-state index >= 15 is 0 Å². The van der Waals surface area contributed by atoms with Gasteiger partial charge >= 0.3 is 0 Å². The van der Waals surface area contributed by atoms with Crippen molar-refractivity contribution in [2.75, 3.05) is 18.1 Å². The molecule has 1 saturated heterocycles. The molecular formula is C19H21NS. The van der Waals surface area contributed by atoms with E-state index in [2.05, 4.69) is 66.5 Å². The van der Waals surface area contributed by atoms with Gasteiger partial charge in [-0.15, -0.1) is 0 Å². The Balaban J connectivity index is 1.64. The fourth-order valence-electron chi connectivity index (χ4n) is 3.44. The molecule has 0 bridgehead atoms. The van der Waals surface area contributed by atoms with E-state index in [1.165, 1.54) is 39.3 Å². The second kappa shape index (κ2) is 5.51. The molecule has 0 spiro atoms. The van der Waals surface area contributed by atoms with E-state index in [-0.39, 0.29) is 0 Å². The molecule has 1 heterocycles. The Morgan fingerprint density at radius 2 is 1.86 bits per heavy atom. The number of hydrogen-bond acceptors (Lipinski definition) is 2. The topological polar surface area (TPSA) is 12.0 Å². The van der Waals surface area contributed by atoms with Gasteiger partial charge in [-0.25, -0.2) is 0 Å². The molecule has 1 aliphatic carbocycles. The second-order valence-electron chi connectivity index (χ2n) is 6.35. The van der Waals surface area contributed by atoms with Crippen LogP contribution in [0.5, 0.6) is 0 Å². The van der Waals surface area contributed by atoms with Crippen molar-refractivity contribution in [1.29, 1.82) is 0 Å². The van der Waals surface area contributed by atoms with Crippen molar-refractivity contribution in [3.8, 4) is 11.1 Å². The van der Waals surface area contributed by atoms with Crippen molar-refractivity contribution in [2.24, 2.45) is 5.92 Å². The summed E-state index contributed by atoms with van der Waals surface area (Å²) in [6.45, 7) is 3.47. The van der Waals surface area contributed by atoms with Gasteiger partial charge in [0.15, 0.2) is 0 Å². The summed E-state index contributed by atoms with van der Waals surface area (Å²) in [4.78, 5) is 0. The number of benzene rings is 2. The molecule has 2 aromatic rings. The van der Waals surface area contributed by atoms with Gasteiger partial charge in [0.2, 0.25) is 0 Å². The van der Waals surface area contributed by atoms with Crippen molar-refractivity contribution in [2.45, 2.75) is 19.4 Å². The third-order valence-corrected chi connectivity index (χ3v) is 5.99. The summed E-state index contributed by atoms with van der Waals surface area (Å²) in [6.07, 6.45) is 1.09. The van der Waals surface area contributed by atoms with E-state index in [4.69, 9.17) is 0 Å². The van der Waals surface area contributed by atoms with Gasteiger partial charge < -0.3 is 5.32 Å². The zero-order valence-electron chi connectivity index (χ0n) is 12.4. The van der Waals surface area contributed by atoms with Crippen molar-refractivity contribution < 1.29 is 0 Å². The van der Waals surface area contributed by atoms with Crippen LogP contribution in [0.15, 0.2) is 42.5 Å². The summed E-state index contributed by atoms with van der Waals surface area (Å²) in [5, 5.41) is 3.74. The molecule has 4 rings (SSSR count). The molecule has 0 aromatic heterocycles. The Bertz CT molecular complexity index is 664. The molecule has 0 radical (unpaired) electrons. The minimum Gasteiger partial charge on any atom is -0.309 e. The Labute approximate surface area is 131 Å². The maximum Gasteiger partial charge on any atom is 0.0412 e. The van der Waals surface area contributed by atoms with Gasteiger partial charge in [-0.05, 0) is 52.5 Å². The first-order chi connectivity index (χ1) is 10.3. The van der Waals surface area contributed by atoms with Crippen LogP contribution in [0, 0.1) is 5.92 Å². The monoisotopic (exact) mass is 295 g/mol. The molecule has 2 heteroatoms. The highest BCUT2D eigenvalue weighted by Gasteiger charge is 2.21. The molecule has 2 atom stereocenters. The van der Waals surface area contributed by atoms with E-state index in [9.17, 15) is 0 Å². The minimum atomic E-state index is 0.508. The van der Waals surface area contributed by atoms with Crippen LogP contribution in [0.3, 0.4) is 0 Å². The van der Waals surface area contributed by atoms with Crippen molar-refractivity contribution in [3.05, 3.63) is 59.2 Å². The maximum atomic E-state index is 3.74. The third-order valence-electron chi connectivity index (χ3n) is 4.62. The molecule has 2 aromatic carbocycles. The second-order valence-corrected chi connectivity index (χ2v) is 7.43. The predicted octanol–water partition coefficient (Wildman–Crippen LogP) is 4.27. The smallest absolute Gasteiger partial charge is 0.0412 e. The minimum absolute atomic E-state index is 0.508. The molecule has 0 amide bonds. The Morgan fingerprint density at radius 1 is 1.00 bits per heavy atom. The van der Waals surface area contributed by atoms with Crippen LogP contribution in [0.1, 0.15) is 29.7 Å². The Hall–Kier alpha value is -1.25. The molecule has 1 nitrogen and oxygen atoms in total. The van der Waals surface area contributed by atoms with Gasteiger partial charge in [-0.1, -0.05) is 49.4 Å². The molecule has 1 N–H and O–H groups in total. The average Bonchev–Trinajstić information content (AvgIpc) is 2.73. The van der Waals surface area contributed by atoms with Gasteiger partial charge in [0.05, 0.1) is 0 Å². The van der Waals surface area contributed by atoms with Crippen LogP contribution < -0.4 is 5.32 Å². The van der Waals surface area contributed by atoms with Gasteiger partial charge in [0.1, 0.15) is 0 Å². The fraction of sp³-hybridized carbons (Fsp3) is 0.368. The summed E-state index contributed by atoms with van der Waals surface area (Å²) in [5.74, 6) is 3.24. The molecule has 2 unspecified atom stereocenters. The van der Waals surface area contributed by atoms with E-state index in [1.807, 2.05) is 0 Å². The highest BCUT2D eigenvalue weighted by Crippen LogP contribution is 2.38. The Morgan fingerprint density at radius 3 is 2.81 bits per heavy atom. The summed E-state index contributed by atoms with van der Waals surface area (Å²) < 4.78 is 0. The first kappa shape index (κ1) is 13.4. The number of nitrogens with one attached hydrogen (secondary N) is 1. The van der Waals surface area contributed by atoms with Crippen LogP contribution in [0.2, 0.25) is 0 Å². The van der Waals surface area contributed by atoms with E-state index in [1.54, 1.807) is 0 Å². The molecule has 21 heavy (non-hydrogen) atoms. The maximum absolute atomic E-state index is 3.74. The first-order valence-corrected chi connectivity index (χ1v) is 8.99. The molecule has 1 aliphatic heterocycles. The van der Waals surface area contributed by atoms with Crippen LogP contribution in [-0.4, -0.2) is 18.1 Å². The molecule has 2 aliphatic rings. The van der Waals surface area contributed by atoms with Crippen LogP contribution in [-0.2, 0) is 6.42 Å². The van der Waals surface area contributed by atoms with E-state index < -0.39 is 0 Å². The average molecular weight is 295 g/mol. The Kier molecular flexibility index (Phi) is 3.52. The molecule has 1 fully saturated rings. The van der Waals surface area contributed by atoms with Gasteiger partial charge in [0.25, 0.3) is 0 Å². The zero-order chi connectivity index (χ0) is 14.2. The molecular weight excluding hydrogens is 274 g/mol. The van der Waals surface area contributed by atoms with Crippen molar-refractivity contribution >= 4 is 11.8 Å². The number of fused-ring (bicyclic) bond motifs is 3. The van der Waals surface area contributed by atoms with Crippen LogP contribution in [0.4, 0.5) is 0 Å². The largest absolute Gasteiger partial charge is 0.309 e. The van der Waals surface area contributed by atoms with Gasteiger partial charge in [-0.3, -0.25) is 0 Å². The lowest BCUT2D eigenvalue weighted by atomic mass is 10.00. The number of hydrogen-bond donors (Lipinski definition) is 1. The van der Waals surface area contributed by atoms with Gasteiger partial charge in [0, 0.05) is 11.8 Å². The normalized spacial score (nSPS) is 24.2. The van der Waals surface area contributed by atoms with E-state index in [0.717, 1.165) is 18.9 Å². The van der Waals surface area contributed by atoms with Crippen molar-refractivity contribution in [1.82, 2.24) is 5.32 Å². The lowest BCUT2D eigenvalue weighted by Gasteiger charge is -2.17. The predicted molar refractivity (Wildman–Crippen MR) is 91.9 cm³/mol. The van der Waals surface area contributed by atoms with Crippen molar-refractivity contribution in [3.63, 3.8) is 0 Å². The summed E-state index contributed by atoms with van der Waals surface area (Å²) >= 11 is 2.08. The fourth-order valence-corrected chi connectivity index (χ4v) is 4.65. The molecule has 0 saturated carbocycles. The van der Waals surface area contributed by atoms with Crippen LogP contribution >= 0.6 is 11.8 Å². The highest BCUT2D eigenvalue weighted by molar-refractivity contribution is 7.99. The summed E-state index contributed by atoms with van der Waals surface area (Å²) in [6, 6.07) is 16.4. The van der Waals surface area contributed by atoms with Gasteiger partial charge in [-0.2, -0.15) is 11.8 Å². The third kappa shape index (κ3) is 2.51.